The van der Waals surface area contributed by atoms with Gasteiger partial charge in [0.15, 0.2) is 0 Å². The molecule has 0 spiro atoms. The zero-order chi connectivity index (χ0) is 25.2. The van der Waals surface area contributed by atoms with Gasteiger partial charge in [-0.05, 0) is 60.7 Å². The summed E-state index contributed by atoms with van der Waals surface area (Å²) in [5.74, 6) is -1.12. The fourth-order valence-electron chi connectivity index (χ4n) is 4.12. The lowest BCUT2D eigenvalue weighted by molar-refractivity contribution is -0.137. The van der Waals surface area contributed by atoms with Crippen molar-refractivity contribution in [2.75, 3.05) is 18.0 Å². The molecule has 186 valence electrons. The Balaban J connectivity index is 1.68. The molecule has 5 nitrogen and oxygen atoms in total. The average Bonchev–Trinajstić information content (AvgIpc) is 2.81. The maximum absolute atomic E-state index is 13.3. The quantitative estimate of drug-likeness (QED) is 0.318. The number of nitrogens with one attached hydrogen (secondary N) is 1. The van der Waals surface area contributed by atoms with Gasteiger partial charge in [0.2, 0.25) is 5.95 Å². The number of ether oxygens (including phenoxy) is 1. The maximum Gasteiger partial charge on any atom is 0.416 e. The minimum Gasteiger partial charge on any atom is -0.493 e. The molecule has 0 bridgehead atoms. The molecule has 0 saturated carbocycles. The van der Waals surface area contributed by atoms with Crippen molar-refractivity contribution >= 4 is 15.8 Å². The fraction of sp³-hybridized carbons (Fsp3) is 0.292. The van der Waals surface area contributed by atoms with E-state index < -0.39 is 34.4 Å². The molecule has 1 aliphatic heterocycles. The first-order valence-electron chi connectivity index (χ1n) is 10.8. The highest BCUT2D eigenvalue weighted by Crippen LogP contribution is 2.42. The van der Waals surface area contributed by atoms with Crippen LogP contribution in [-0.2, 0) is 22.6 Å². The highest BCUT2D eigenvalue weighted by Gasteiger charge is 2.33. The number of pyridine rings is 1. The third kappa shape index (κ3) is 5.55. The molecule has 3 aromatic rings. The Bertz CT molecular complexity index is 1330. The Morgan fingerprint density at radius 2 is 1.83 bits per heavy atom. The molecule has 1 unspecified atom stereocenters. The molecule has 0 fully saturated rings. The summed E-state index contributed by atoms with van der Waals surface area (Å²) >= 11 is 0. The van der Waals surface area contributed by atoms with Gasteiger partial charge in [-0.25, -0.2) is 13.4 Å². The van der Waals surface area contributed by atoms with E-state index in [1.165, 1.54) is 30.3 Å². The molecule has 1 aliphatic rings. The van der Waals surface area contributed by atoms with E-state index in [1.807, 2.05) is 0 Å². The molecule has 0 amide bonds. The summed E-state index contributed by atoms with van der Waals surface area (Å²) in [5, 5.41) is 0. The highest BCUT2D eigenvalue weighted by atomic mass is 32.2. The van der Waals surface area contributed by atoms with E-state index in [1.54, 1.807) is 6.07 Å². The largest absolute Gasteiger partial charge is 0.493 e. The average molecular weight is 513 g/mol. The lowest BCUT2D eigenvalue weighted by atomic mass is 9.82. The fourth-order valence-corrected chi connectivity index (χ4v) is 5.13. The summed E-state index contributed by atoms with van der Waals surface area (Å²) in [6.45, 7) is -0.446. The van der Waals surface area contributed by atoms with Gasteiger partial charge in [0, 0.05) is 17.5 Å². The molecule has 0 radical (unpaired) electrons. The van der Waals surface area contributed by atoms with Crippen LogP contribution in [0.2, 0.25) is 0 Å². The SMILES string of the molecule is O=S(=O)(Nc1cccc(F)n1)c1ccc2c(c1)OCCC2c1ccc(C(F)(F)F)cc1CCCF. The van der Waals surface area contributed by atoms with Crippen LogP contribution in [0.5, 0.6) is 5.75 Å². The number of nitrogens with zero attached hydrogens (tertiary/aromatic N) is 1. The molecule has 1 atom stereocenters. The van der Waals surface area contributed by atoms with Crippen LogP contribution in [0.25, 0.3) is 0 Å². The van der Waals surface area contributed by atoms with Crippen molar-refractivity contribution in [1.82, 2.24) is 4.98 Å². The number of aromatic nitrogens is 1. The molecule has 0 aliphatic carbocycles. The summed E-state index contributed by atoms with van der Waals surface area (Å²) in [7, 11) is -4.11. The summed E-state index contributed by atoms with van der Waals surface area (Å²) in [6, 6.07) is 11.3. The highest BCUT2D eigenvalue weighted by molar-refractivity contribution is 7.92. The monoisotopic (exact) mass is 512 g/mol. The van der Waals surface area contributed by atoms with Gasteiger partial charge >= 0.3 is 6.18 Å². The number of fused-ring (bicyclic) bond motifs is 1. The van der Waals surface area contributed by atoms with Gasteiger partial charge in [0.05, 0.1) is 23.7 Å². The molecule has 35 heavy (non-hydrogen) atoms. The van der Waals surface area contributed by atoms with Gasteiger partial charge in [0.25, 0.3) is 10.0 Å². The van der Waals surface area contributed by atoms with Gasteiger partial charge < -0.3 is 4.74 Å². The number of aryl methyl sites for hydroxylation is 1. The molecule has 0 saturated heterocycles. The van der Waals surface area contributed by atoms with Crippen LogP contribution in [0.4, 0.5) is 27.8 Å². The third-order valence-corrected chi connectivity index (χ3v) is 7.07. The van der Waals surface area contributed by atoms with Gasteiger partial charge in [0.1, 0.15) is 11.6 Å². The van der Waals surface area contributed by atoms with Crippen molar-refractivity contribution in [2.24, 2.45) is 0 Å². The first kappa shape index (κ1) is 24.9. The van der Waals surface area contributed by atoms with Crippen LogP contribution in [0, 0.1) is 5.95 Å². The normalized spacial score (nSPS) is 15.9. The maximum atomic E-state index is 13.3. The van der Waals surface area contributed by atoms with Gasteiger partial charge in [-0.15, -0.1) is 0 Å². The van der Waals surface area contributed by atoms with Crippen molar-refractivity contribution in [3.8, 4) is 5.75 Å². The molecule has 2 aromatic carbocycles. The molecular formula is C24H21F5N2O3S. The molecular weight excluding hydrogens is 491 g/mol. The smallest absolute Gasteiger partial charge is 0.416 e. The van der Waals surface area contributed by atoms with E-state index in [0.29, 0.717) is 23.1 Å². The minimum absolute atomic E-state index is 0.0847. The number of benzene rings is 2. The second-order valence-electron chi connectivity index (χ2n) is 8.04. The van der Waals surface area contributed by atoms with Crippen LogP contribution < -0.4 is 9.46 Å². The summed E-state index contributed by atoms with van der Waals surface area (Å²) < 4.78 is 99.4. The Hall–Kier alpha value is -3.21. The first-order valence-corrected chi connectivity index (χ1v) is 12.2. The van der Waals surface area contributed by atoms with Crippen molar-refractivity contribution < 1.29 is 35.1 Å². The van der Waals surface area contributed by atoms with E-state index in [9.17, 15) is 30.4 Å². The summed E-state index contributed by atoms with van der Waals surface area (Å²) in [6.07, 6.45) is -3.84. The Kier molecular flexibility index (Phi) is 6.98. The number of hydrogen-bond donors (Lipinski definition) is 1. The number of rotatable bonds is 7. The number of halogens is 5. The van der Waals surface area contributed by atoms with Crippen LogP contribution in [0.3, 0.4) is 0 Å². The summed E-state index contributed by atoms with van der Waals surface area (Å²) in [4.78, 5) is 3.34. The predicted octanol–water partition coefficient (Wildman–Crippen LogP) is 5.86. The molecule has 2 heterocycles. The molecule has 1 aromatic heterocycles. The lowest BCUT2D eigenvalue weighted by Crippen LogP contribution is -2.19. The third-order valence-electron chi connectivity index (χ3n) is 5.71. The Morgan fingerprint density at radius 1 is 1.06 bits per heavy atom. The number of alkyl halides is 4. The van der Waals surface area contributed by atoms with Crippen molar-refractivity contribution in [1.29, 1.82) is 0 Å². The second kappa shape index (κ2) is 9.80. The van der Waals surface area contributed by atoms with E-state index in [0.717, 1.165) is 18.2 Å². The van der Waals surface area contributed by atoms with Gasteiger partial charge in [-0.2, -0.15) is 17.6 Å². The Morgan fingerprint density at radius 3 is 2.54 bits per heavy atom. The van der Waals surface area contributed by atoms with Crippen LogP contribution in [0.15, 0.2) is 59.5 Å². The topological polar surface area (TPSA) is 68.3 Å². The van der Waals surface area contributed by atoms with E-state index in [-0.39, 0.29) is 41.8 Å². The van der Waals surface area contributed by atoms with Crippen molar-refractivity contribution in [3.05, 3.63) is 82.8 Å². The van der Waals surface area contributed by atoms with Crippen molar-refractivity contribution in [2.45, 2.75) is 36.3 Å². The van der Waals surface area contributed by atoms with E-state index >= 15 is 0 Å². The zero-order valence-corrected chi connectivity index (χ0v) is 19.1. The van der Waals surface area contributed by atoms with Gasteiger partial charge in [-0.3, -0.25) is 9.11 Å². The Labute approximate surface area is 199 Å². The van der Waals surface area contributed by atoms with Crippen LogP contribution in [0.1, 0.15) is 41.0 Å². The minimum atomic E-state index is -4.52. The van der Waals surface area contributed by atoms with Crippen LogP contribution >= 0.6 is 0 Å². The van der Waals surface area contributed by atoms with E-state index in [4.69, 9.17) is 4.74 Å². The number of sulfonamides is 1. The van der Waals surface area contributed by atoms with E-state index in [2.05, 4.69) is 9.71 Å². The molecule has 11 heteroatoms. The zero-order valence-electron chi connectivity index (χ0n) is 18.3. The predicted molar refractivity (Wildman–Crippen MR) is 119 cm³/mol. The number of anilines is 1. The molecule has 4 rings (SSSR count). The first-order chi connectivity index (χ1) is 16.6. The lowest BCUT2D eigenvalue weighted by Gasteiger charge is -2.29. The van der Waals surface area contributed by atoms with Gasteiger partial charge in [-0.1, -0.05) is 18.2 Å². The number of hydrogen-bond acceptors (Lipinski definition) is 4. The standard InChI is InChI=1S/C24H21F5N2O3S/c25-11-2-3-15-13-16(24(27,28)29)6-8-18(15)19-10-12-34-21-14-17(7-9-20(19)21)35(32,33)31-23-5-1-4-22(26)30-23/h1,4-9,13-14,19H,2-3,10-12H2,(H,30,31). The van der Waals surface area contributed by atoms with Crippen molar-refractivity contribution in [3.63, 3.8) is 0 Å². The molecule has 1 N–H and O–H groups in total. The summed E-state index contributed by atoms with van der Waals surface area (Å²) in [5.41, 5.74) is 0.820. The van der Waals surface area contributed by atoms with Crippen LogP contribution in [-0.4, -0.2) is 26.7 Å². The second-order valence-corrected chi connectivity index (χ2v) is 9.73.